The van der Waals surface area contributed by atoms with Crippen LogP contribution in [0.4, 0.5) is 0 Å². The smallest absolute Gasteiger partial charge is 0.341 e. The number of nitrogens with zero attached hydrogens (tertiary/aromatic N) is 2. The van der Waals surface area contributed by atoms with Gasteiger partial charge in [-0.2, -0.15) is 8.42 Å². The van der Waals surface area contributed by atoms with Crippen molar-refractivity contribution in [2.45, 2.75) is 4.90 Å². The number of rotatable bonds is 5. The highest BCUT2D eigenvalue weighted by Crippen LogP contribution is 2.29. The molecule has 0 aliphatic heterocycles. The monoisotopic (exact) mass is 406 g/mol. The van der Waals surface area contributed by atoms with Gasteiger partial charge in [0.25, 0.3) is 0 Å². The van der Waals surface area contributed by atoms with Crippen molar-refractivity contribution in [2.75, 3.05) is 14.2 Å². The minimum Gasteiger partial charge on any atom is -0.497 e. The second-order valence-corrected chi connectivity index (χ2v) is 7.49. The van der Waals surface area contributed by atoms with Gasteiger partial charge in [0.05, 0.1) is 25.3 Å². The standard InChI is InChI=1S/C18H18N2O7S/c1-19-14-8-6-12(10-15(14)20(2)18(19)22)28(23,24)27-16-9-11(25-3)5-7-13(16)17(21)26-4/h5-10H,1-4H3. The fraction of sp³-hybridized carbons (Fsp3) is 0.222. The molecule has 1 heterocycles. The second kappa shape index (κ2) is 7.04. The molecule has 148 valence electrons. The predicted molar refractivity (Wildman–Crippen MR) is 100 cm³/mol. The lowest BCUT2D eigenvalue weighted by molar-refractivity contribution is 0.0599. The topological polar surface area (TPSA) is 106 Å². The minimum absolute atomic E-state index is 0.0694. The minimum atomic E-state index is -4.30. The molecule has 0 N–H and O–H groups in total. The zero-order chi connectivity index (χ0) is 20.6. The molecule has 2 aromatic carbocycles. The van der Waals surface area contributed by atoms with Crippen molar-refractivity contribution in [1.82, 2.24) is 9.13 Å². The molecule has 9 nitrogen and oxygen atoms in total. The molecule has 0 aliphatic rings. The van der Waals surface area contributed by atoms with E-state index < -0.39 is 16.1 Å². The molecular formula is C18H18N2O7S. The summed E-state index contributed by atoms with van der Waals surface area (Å²) in [6, 6.07) is 8.29. The fourth-order valence-corrected chi connectivity index (χ4v) is 3.75. The number of benzene rings is 2. The Balaban J connectivity index is 2.10. The molecule has 0 radical (unpaired) electrons. The zero-order valence-electron chi connectivity index (χ0n) is 15.6. The van der Waals surface area contributed by atoms with Gasteiger partial charge < -0.3 is 13.7 Å². The molecule has 0 bridgehead atoms. The predicted octanol–water partition coefficient (Wildman–Crippen LogP) is 1.44. The molecular weight excluding hydrogens is 388 g/mol. The number of esters is 1. The number of aryl methyl sites for hydroxylation is 2. The first kappa shape index (κ1) is 19.5. The molecule has 0 aliphatic carbocycles. The Kier molecular flexibility index (Phi) is 4.90. The Bertz CT molecular complexity index is 1240. The summed E-state index contributed by atoms with van der Waals surface area (Å²) in [5.74, 6) is -0.680. The Labute approximate surface area is 160 Å². The first-order chi connectivity index (χ1) is 13.2. The van der Waals surface area contributed by atoms with Crippen LogP contribution in [0.15, 0.2) is 46.1 Å². The Morgan fingerprint density at radius 1 is 0.964 bits per heavy atom. The van der Waals surface area contributed by atoms with Gasteiger partial charge in [-0.3, -0.25) is 9.13 Å². The fourth-order valence-electron chi connectivity index (χ4n) is 2.79. The van der Waals surface area contributed by atoms with Gasteiger partial charge in [0.2, 0.25) is 0 Å². The summed E-state index contributed by atoms with van der Waals surface area (Å²) in [6.45, 7) is 0. The molecule has 1 aromatic heterocycles. The van der Waals surface area contributed by atoms with E-state index in [9.17, 15) is 18.0 Å². The first-order valence-corrected chi connectivity index (χ1v) is 9.46. The molecule has 0 amide bonds. The van der Waals surface area contributed by atoms with E-state index in [0.29, 0.717) is 16.8 Å². The molecule has 0 fully saturated rings. The maximum absolute atomic E-state index is 12.8. The largest absolute Gasteiger partial charge is 0.497 e. The van der Waals surface area contributed by atoms with Crippen LogP contribution in [0.3, 0.4) is 0 Å². The molecule has 28 heavy (non-hydrogen) atoms. The van der Waals surface area contributed by atoms with Gasteiger partial charge in [-0.1, -0.05) is 0 Å². The normalized spacial score (nSPS) is 11.4. The molecule has 0 atom stereocenters. The van der Waals surface area contributed by atoms with E-state index in [1.54, 1.807) is 14.1 Å². The van der Waals surface area contributed by atoms with Gasteiger partial charge in [0, 0.05) is 20.2 Å². The zero-order valence-corrected chi connectivity index (χ0v) is 16.4. The van der Waals surface area contributed by atoms with Gasteiger partial charge in [0.1, 0.15) is 16.2 Å². The maximum Gasteiger partial charge on any atom is 0.341 e. The van der Waals surface area contributed by atoms with E-state index in [0.717, 1.165) is 0 Å². The average Bonchev–Trinajstić information content (AvgIpc) is 2.90. The third kappa shape index (κ3) is 3.22. The van der Waals surface area contributed by atoms with Crippen LogP contribution in [0.25, 0.3) is 11.0 Å². The number of fused-ring (bicyclic) bond motifs is 1. The number of carbonyl (C=O) groups excluding carboxylic acids is 1. The maximum atomic E-state index is 12.8. The van der Waals surface area contributed by atoms with E-state index in [1.807, 2.05) is 0 Å². The average molecular weight is 406 g/mol. The van der Waals surface area contributed by atoms with Crippen LogP contribution in [0, 0.1) is 0 Å². The summed E-state index contributed by atoms with van der Waals surface area (Å²) in [4.78, 5) is 23.8. The van der Waals surface area contributed by atoms with Crippen molar-refractivity contribution in [3.8, 4) is 11.5 Å². The van der Waals surface area contributed by atoms with Crippen LogP contribution < -0.4 is 14.6 Å². The summed E-state index contributed by atoms with van der Waals surface area (Å²) in [6.07, 6.45) is 0. The molecule has 3 rings (SSSR count). The van der Waals surface area contributed by atoms with Crippen molar-refractivity contribution >= 4 is 27.1 Å². The van der Waals surface area contributed by atoms with E-state index >= 15 is 0 Å². The quantitative estimate of drug-likeness (QED) is 0.466. The van der Waals surface area contributed by atoms with Crippen molar-refractivity contribution < 1.29 is 26.9 Å². The molecule has 0 spiro atoms. The van der Waals surface area contributed by atoms with E-state index in [1.165, 1.54) is 59.8 Å². The van der Waals surface area contributed by atoms with Crippen LogP contribution in [0.2, 0.25) is 0 Å². The molecule has 0 unspecified atom stereocenters. The van der Waals surface area contributed by atoms with Gasteiger partial charge >= 0.3 is 21.8 Å². The van der Waals surface area contributed by atoms with Crippen LogP contribution in [-0.2, 0) is 29.0 Å². The van der Waals surface area contributed by atoms with Gasteiger partial charge in [0.15, 0.2) is 5.75 Å². The summed E-state index contributed by atoms with van der Waals surface area (Å²) in [5, 5.41) is 0. The third-order valence-electron chi connectivity index (χ3n) is 4.33. The van der Waals surface area contributed by atoms with E-state index in [4.69, 9.17) is 8.92 Å². The highest BCUT2D eigenvalue weighted by molar-refractivity contribution is 7.87. The van der Waals surface area contributed by atoms with E-state index in [2.05, 4.69) is 4.74 Å². The number of methoxy groups -OCH3 is 2. The summed E-state index contributed by atoms with van der Waals surface area (Å²) < 4.78 is 43.3. The summed E-state index contributed by atoms with van der Waals surface area (Å²) in [5.41, 5.74) is 0.644. The lowest BCUT2D eigenvalue weighted by atomic mass is 10.2. The van der Waals surface area contributed by atoms with Gasteiger partial charge in [-0.25, -0.2) is 9.59 Å². The SMILES string of the molecule is COC(=O)c1ccc(OC)cc1OS(=O)(=O)c1ccc2c(c1)n(C)c(=O)n2C. The van der Waals surface area contributed by atoms with Crippen molar-refractivity contribution in [3.05, 3.63) is 52.4 Å². The Morgan fingerprint density at radius 2 is 1.64 bits per heavy atom. The number of imidazole rings is 1. The lowest BCUT2D eigenvalue weighted by Gasteiger charge is -2.12. The molecule has 10 heteroatoms. The third-order valence-corrected chi connectivity index (χ3v) is 5.56. The first-order valence-electron chi connectivity index (χ1n) is 8.06. The van der Waals surface area contributed by atoms with Crippen molar-refractivity contribution in [3.63, 3.8) is 0 Å². The highest BCUT2D eigenvalue weighted by atomic mass is 32.2. The highest BCUT2D eigenvalue weighted by Gasteiger charge is 2.23. The van der Waals surface area contributed by atoms with Crippen LogP contribution in [0.1, 0.15) is 10.4 Å². The Hall–Kier alpha value is -3.27. The number of hydrogen-bond acceptors (Lipinski definition) is 7. The van der Waals surface area contributed by atoms with Gasteiger partial charge in [-0.15, -0.1) is 0 Å². The number of ether oxygens (including phenoxy) is 2. The summed E-state index contributed by atoms with van der Waals surface area (Å²) in [7, 11) is 1.40. The Morgan fingerprint density at radius 3 is 2.29 bits per heavy atom. The van der Waals surface area contributed by atoms with Crippen LogP contribution in [-0.4, -0.2) is 37.7 Å². The van der Waals surface area contributed by atoms with Crippen LogP contribution >= 0.6 is 0 Å². The second-order valence-electron chi connectivity index (χ2n) is 5.94. The van der Waals surface area contributed by atoms with Crippen molar-refractivity contribution in [1.29, 1.82) is 0 Å². The number of aromatic nitrogens is 2. The number of hydrogen-bond donors (Lipinski definition) is 0. The number of carbonyl (C=O) groups is 1. The molecule has 3 aromatic rings. The molecule has 0 saturated carbocycles. The lowest BCUT2D eigenvalue weighted by Crippen LogP contribution is -2.19. The van der Waals surface area contributed by atoms with Gasteiger partial charge in [-0.05, 0) is 30.3 Å². The summed E-state index contributed by atoms with van der Waals surface area (Å²) >= 11 is 0. The van der Waals surface area contributed by atoms with E-state index in [-0.39, 0.29) is 21.9 Å². The van der Waals surface area contributed by atoms with Crippen molar-refractivity contribution in [2.24, 2.45) is 14.1 Å². The van der Waals surface area contributed by atoms with Crippen LogP contribution in [0.5, 0.6) is 11.5 Å². The molecule has 0 saturated heterocycles.